The van der Waals surface area contributed by atoms with Gasteiger partial charge in [0.1, 0.15) is 36.9 Å². The van der Waals surface area contributed by atoms with Crippen LogP contribution in [0.2, 0.25) is 0 Å². The maximum Gasteiger partial charge on any atom is 0.350 e. The minimum Gasteiger partial charge on any atom is -0.488 e. The van der Waals surface area contributed by atoms with Crippen LogP contribution in [0.3, 0.4) is 0 Å². The number of hydrogen-bond acceptors (Lipinski definition) is 9. The fourth-order valence-electron chi connectivity index (χ4n) is 6.21. The van der Waals surface area contributed by atoms with E-state index in [0.717, 1.165) is 61.0 Å². The van der Waals surface area contributed by atoms with E-state index in [-0.39, 0.29) is 18.3 Å². The van der Waals surface area contributed by atoms with E-state index < -0.39 is 11.9 Å². The van der Waals surface area contributed by atoms with Crippen LogP contribution in [0.5, 0.6) is 5.75 Å². The fourth-order valence-corrected chi connectivity index (χ4v) is 6.21. The summed E-state index contributed by atoms with van der Waals surface area (Å²) >= 11 is 0. The predicted octanol–water partition coefficient (Wildman–Crippen LogP) is 4.27. The first-order valence-corrected chi connectivity index (χ1v) is 16.2. The molecule has 47 heavy (non-hydrogen) atoms. The SMILES string of the molecule is CCC(C)n1ncn(-c2ccc(N3CCN(c4ccc(OC[C@H]5OC[C@](Cn6cncn6)(c6ccccc6)O5)cc4)CC3)cc2)c1=O. The van der Waals surface area contributed by atoms with Crippen LogP contribution in [0.15, 0.2) is 103 Å². The number of nitrogens with zero attached hydrogens (tertiary/aromatic N) is 8. The van der Waals surface area contributed by atoms with Gasteiger partial charge < -0.3 is 24.0 Å². The van der Waals surface area contributed by atoms with Gasteiger partial charge in [-0.2, -0.15) is 10.2 Å². The average molecular weight is 637 g/mol. The van der Waals surface area contributed by atoms with E-state index in [2.05, 4.69) is 56.2 Å². The third-order valence-electron chi connectivity index (χ3n) is 9.11. The van der Waals surface area contributed by atoms with Crippen LogP contribution in [0.4, 0.5) is 11.4 Å². The molecule has 2 aliphatic heterocycles. The second-order valence-electron chi connectivity index (χ2n) is 12.1. The molecule has 1 unspecified atom stereocenters. The molecule has 3 atom stereocenters. The molecule has 244 valence electrons. The van der Waals surface area contributed by atoms with Crippen molar-refractivity contribution in [3.8, 4) is 11.4 Å². The van der Waals surface area contributed by atoms with Gasteiger partial charge in [-0.1, -0.05) is 37.3 Å². The quantitative estimate of drug-likeness (QED) is 0.210. The second-order valence-corrected chi connectivity index (χ2v) is 12.1. The van der Waals surface area contributed by atoms with Crippen LogP contribution in [-0.4, -0.2) is 74.8 Å². The topological polar surface area (TPSA) is 105 Å². The highest BCUT2D eigenvalue weighted by atomic mass is 16.7. The highest BCUT2D eigenvalue weighted by molar-refractivity contribution is 5.54. The highest BCUT2D eigenvalue weighted by Gasteiger charge is 2.44. The summed E-state index contributed by atoms with van der Waals surface area (Å²) in [6, 6.07) is 26.5. The minimum absolute atomic E-state index is 0.0718. The predicted molar refractivity (Wildman–Crippen MR) is 178 cm³/mol. The summed E-state index contributed by atoms with van der Waals surface area (Å²) in [7, 11) is 0. The summed E-state index contributed by atoms with van der Waals surface area (Å²) in [6.45, 7) is 8.83. The van der Waals surface area contributed by atoms with Gasteiger partial charge in [-0.15, -0.1) is 0 Å². The van der Waals surface area contributed by atoms with Gasteiger partial charge in [-0.05, 0) is 67.4 Å². The molecule has 12 nitrogen and oxygen atoms in total. The Hall–Kier alpha value is -4.94. The Morgan fingerprint density at radius 1 is 0.872 bits per heavy atom. The molecule has 2 aromatic heterocycles. The van der Waals surface area contributed by atoms with E-state index in [9.17, 15) is 4.79 Å². The van der Waals surface area contributed by atoms with Gasteiger partial charge in [0, 0.05) is 37.6 Å². The Balaban J connectivity index is 0.913. The lowest BCUT2D eigenvalue weighted by molar-refractivity contribution is -0.116. The summed E-state index contributed by atoms with van der Waals surface area (Å²) in [4.78, 5) is 21.6. The Kier molecular flexibility index (Phi) is 8.77. The molecule has 12 heteroatoms. The lowest BCUT2D eigenvalue weighted by Crippen LogP contribution is -2.46. The lowest BCUT2D eigenvalue weighted by atomic mass is 9.95. The van der Waals surface area contributed by atoms with Crippen molar-refractivity contribution in [2.24, 2.45) is 0 Å². The van der Waals surface area contributed by atoms with E-state index in [1.807, 2.05) is 61.5 Å². The molecule has 0 amide bonds. The number of piperazine rings is 1. The number of anilines is 2. The summed E-state index contributed by atoms with van der Waals surface area (Å²) in [5, 5.41) is 8.58. The van der Waals surface area contributed by atoms with Gasteiger partial charge in [0.15, 0.2) is 6.29 Å². The summed E-state index contributed by atoms with van der Waals surface area (Å²) in [6.07, 6.45) is 5.16. The van der Waals surface area contributed by atoms with E-state index >= 15 is 0 Å². The zero-order valence-electron chi connectivity index (χ0n) is 26.8. The van der Waals surface area contributed by atoms with Gasteiger partial charge in [0.05, 0.1) is 24.9 Å². The van der Waals surface area contributed by atoms with E-state index in [4.69, 9.17) is 14.2 Å². The van der Waals surface area contributed by atoms with Gasteiger partial charge >= 0.3 is 5.69 Å². The molecule has 0 spiro atoms. The van der Waals surface area contributed by atoms with Crippen LogP contribution < -0.4 is 20.2 Å². The van der Waals surface area contributed by atoms with Crippen LogP contribution in [0, 0.1) is 0 Å². The molecule has 2 fully saturated rings. The monoisotopic (exact) mass is 636 g/mol. The van der Waals surface area contributed by atoms with E-state index in [0.29, 0.717) is 13.2 Å². The molecule has 4 heterocycles. The van der Waals surface area contributed by atoms with Crippen molar-refractivity contribution in [3.05, 3.63) is 114 Å². The maximum absolute atomic E-state index is 12.8. The highest BCUT2D eigenvalue weighted by Crippen LogP contribution is 2.35. The summed E-state index contributed by atoms with van der Waals surface area (Å²) in [5.41, 5.74) is 3.38. The summed E-state index contributed by atoms with van der Waals surface area (Å²) < 4.78 is 23.6. The molecule has 0 N–H and O–H groups in total. The molecule has 0 bridgehead atoms. The molecule has 2 aliphatic rings. The Morgan fingerprint density at radius 2 is 1.53 bits per heavy atom. The average Bonchev–Trinajstić information content (AvgIpc) is 3.89. The van der Waals surface area contributed by atoms with E-state index in [1.54, 1.807) is 26.6 Å². The van der Waals surface area contributed by atoms with Gasteiger partial charge in [-0.25, -0.2) is 23.7 Å². The van der Waals surface area contributed by atoms with Crippen molar-refractivity contribution >= 4 is 11.4 Å². The Labute approximate surface area is 273 Å². The van der Waals surface area contributed by atoms with Crippen molar-refractivity contribution in [2.45, 2.75) is 44.7 Å². The lowest BCUT2D eigenvalue weighted by Gasteiger charge is -2.37. The number of aromatic nitrogens is 6. The van der Waals surface area contributed by atoms with Crippen molar-refractivity contribution in [2.75, 3.05) is 49.2 Å². The summed E-state index contributed by atoms with van der Waals surface area (Å²) in [5.74, 6) is 0.766. The standard InChI is InChI=1S/C35H40N8O4/c1-3-27(2)43-34(44)42(26-38-43)31-11-9-29(10-12-31)39-17-19-40(20-18-39)30-13-15-32(16-14-30)45-21-33-46-23-35(47-33,22-41-25-36-24-37-41)28-7-5-4-6-8-28/h4-16,24-27,33H,3,17-23H2,1-2H3/t27?,33-,35+/m0/s1. The fraction of sp³-hybridized carbons (Fsp3) is 0.371. The zero-order chi connectivity index (χ0) is 32.2. The van der Waals surface area contributed by atoms with Crippen molar-refractivity contribution < 1.29 is 14.2 Å². The molecule has 0 radical (unpaired) electrons. The molecular weight excluding hydrogens is 596 g/mol. The maximum atomic E-state index is 12.8. The smallest absolute Gasteiger partial charge is 0.350 e. The van der Waals surface area contributed by atoms with Crippen molar-refractivity contribution in [3.63, 3.8) is 0 Å². The van der Waals surface area contributed by atoms with Crippen molar-refractivity contribution in [1.29, 1.82) is 0 Å². The molecule has 7 rings (SSSR count). The number of hydrogen-bond donors (Lipinski definition) is 0. The van der Waals surface area contributed by atoms with E-state index in [1.165, 1.54) is 6.33 Å². The zero-order valence-corrected chi connectivity index (χ0v) is 26.8. The first kappa shape index (κ1) is 30.7. The number of ether oxygens (including phenoxy) is 3. The normalized spacial score (nSPS) is 20.4. The number of benzene rings is 3. The van der Waals surface area contributed by atoms with Crippen LogP contribution in [-0.2, 0) is 21.6 Å². The van der Waals surface area contributed by atoms with Crippen molar-refractivity contribution in [1.82, 2.24) is 29.1 Å². The molecule has 2 saturated heterocycles. The molecule has 0 aliphatic carbocycles. The third kappa shape index (κ3) is 6.51. The van der Waals surface area contributed by atoms with Crippen LogP contribution in [0.25, 0.3) is 5.69 Å². The number of rotatable bonds is 11. The van der Waals surface area contributed by atoms with Crippen LogP contribution in [0.1, 0.15) is 31.9 Å². The Bertz CT molecular complexity index is 1780. The van der Waals surface area contributed by atoms with Crippen LogP contribution >= 0.6 is 0 Å². The van der Waals surface area contributed by atoms with Gasteiger partial charge in [-0.3, -0.25) is 0 Å². The minimum atomic E-state index is -0.673. The largest absolute Gasteiger partial charge is 0.488 e. The molecule has 5 aromatic rings. The second kappa shape index (κ2) is 13.4. The Morgan fingerprint density at radius 3 is 2.17 bits per heavy atom. The van der Waals surface area contributed by atoms with Gasteiger partial charge in [0.25, 0.3) is 0 Å². The first-order valence-electron chi connectivity index (χ1n) is 16.2. The molecular formula is C35H40N8O4. The third-order valence-corrected chi connectivity index (χ3v) is 9.11. The molecule has 0 saturated carbocycles. The first-order chi connectivity index (χ1) is 23.0. The molecule has 3 aromatic carbocycles. The van der Waals surface area contributed by atoms with Gasteiger partial charge in [0.2, 0.25) is 0 Å².